The summed E-state index contributed by atoms with van der Waals surface area (Å²) >= 11 is 0. The second kappa shape index (κ2) is 6.57. The Morgan fingerprint density at radius 1 is 1.28 bits per heavy atom. The van der Waals surface area contributed by atoms with E-state index in [0.717, 1.165) is 17.0 Å². The van der Waals surface area contributed by atoms with E-state index in [4.69, 9.17) is 9.15 Å². The van der Waals surface area contributed by atoms with Gasteiger partial charge in [-0.25, -0.2) is 4.68 Å². The van der Waals surface area contributed by atoms with Crippen LogP contribution in [-0.2, 0) is 4.74 Å². The summed E-state index contributed by atoms with van der Waals surface area (Å²) in [5.41, 5.74) is 2.65. The molecule has 6 heteroatoms. The van der Waals surface area contributed by atoms with Gasteiger partial charge in [-0.2, -0.15) is 5.10 Å². The molecule has 1 aliphatic heterocycles. The fourth-order valence-electron chi connectivity index (χ4n) is 3.12. The van der Waals surface area contributed by atoms with E-state index in [0.29, 0.717) is 25.3 Å². The van der Waals surface area contributed by atoms with Gasteiger partial charge in [-0.15, -0.1) is 0 Å². The quantitative estimate of drug-likeness (QED) is 0.737. The zero-order valence-corrected chi connectivity index (χ0v) is 14.0. The van der Waals surface area contributed by atoms with Crippen LogP contribution in [0.15, 0.2) is 59.5 Å². The van der Waals surface area contributed by atoms with Crippen molar-refractivity contribution in [1.29, 1.82) is 0 Å². The normalized spacial score (nSPS) is 17.6. The number of rotatable bonds is 3. The number of morpholine rings is 1. The van der Waals surface area contributed by atoms with Crippen LogP contribution < -0.4 is 0 Å². The fourth-order valence-corrected chi connectivity index (χ4v) is 3.12. The summed E-state index contributed by atoms with van der Waals surface area (Å²) in [7, 11) is 0. The Hall–Kier alpha value is -2.86. The van der Waals surface area contributed by atoms with Crippen molar-refractivity contribution in [2.24, 2.45) is 0 Å². The molecule has 1 fully saturated rings. The Balaban J connectivity index is 1.53. The average Bonchev–Trinajstić information content (AvgIpc) is 3.35. The molecule has 0 aliphatic carbocycles. The molecule has 0 spiro atoms. The molecule has 25 heavy (non-hydrogen) atoms. The molecule has 1 aromatic carbocycles. The molecule has 1 saturated heterocycles. The molecule has 1 atom stereocenters. The SMILES string of the molecule is Cc1cc(C(=O)N2CCOC(c3ccco3)C2)ccc1-n1cccn1. The maximum atomic E-state index is 12.9. The standard InChI is InChI=1S/C19H19N3O3/c1-14-12-15(5-6-16(14)22-8-3-7-20-22)19(23)21-9-11-25-18(13-21)17-4-2-10-24-17/h2-8,10,12,18H,9,11,13H2,1H3. The molecule has 6 nitrogen and oxygen atoms in total. The van der Waals surface area contributed by atoms with Crippen LogP contribution in [0.4, 0.5) is 0 Å². The first-order valence-electron chi connectivity index (χ1n) is 8.27. The molecule has 0 radical (unpaired) electrons. The summed E-state index contributed by atoms with van der Waals surface area (Å²) in [4.78, 5) is 14.7. The lowest BCUT2D eigenvalue weighted by Crippen LogP contribution is -2.42. The van der Waals surface area contributed by atoms with Crippen molar-refractivity contribution in [1.82, 2.24) is 14.7 Å². The highest BCUT2D eigenvalue weighted by Gasteiger charge is 2.27. The maximum absolute atomic E-state index is 12.9. The smallest absolute Gasteiger partial charge is 0.254 e. The third-order valence-electron chi connectivity index (χ3n) is 4.41. The Bertz CT molecular complexity index is 856. The molecule has 0 saturated carbocycles. The van der Waals surface area contributed by atoms with E-state index in [1.165, 1.54) is 0 Å². The highest BCUT2D eigenvalue weighted by Crippen LogP contribution is 2.24. The predicted octanol–water partition coefficient (Wildman–Crippen LogP) is 2.99. The molecule has 3 aromatic rings. The number of carbonyl (C=O) groups excluding carboxylic acids is 1. The highest BCUT2D eigenvalue weighted by atomic mass is 16.5. The number of furan rings is 1. The Labute approximate surface area is 145 Å². The van der Waals surface area contributed by atoms with E-state index in [1.807, 2.05) is 54.4 Å². The van der Waals surface area contributed by atoms with Crippen LogP contribution in [0, 0.1) is 6.92 Å². The average molecular weight is 337 g/mol. The van der Waals surface area contributed by atoms with Gasteiger partial charge < -0.3 is 14.1 Å². The Morgan fingerprint density at radius 2 is 2.20 bits per heavy atom. The Morgan fingerprint density at radius 3 is 2.92 bits per heavy atom. The lowest BCUT2D eigenvalue weighted by molar-refractivity contribution is -0.0321. The second-order valence-corrected chi connectivity index (χ2v) is 6.08. The number of amides is 1. The lowest BCUT2D eigenvalue weighted by Gasteiger charge is -2.32. The molecule has 3 heterocycles. The summed E-state index contributed by atoms with van der Waals surface area (Å²) in [5, 5.41) is 4.24. The fraction of sp³-hybridized carbons (Fsp3) is 0.263. The first kappa shape index (κ1) is 15.7. The van der Waals surface area contributed by atoms with Crippen molar-refractivity contribution < 1.29 is 13.9 Å². The van der Waals surface area contributed by atoms with Crippen LogP contribution in [0.3, 0.4) is 0 Å². The Kier molecular flexibility index (Phi) is 4.11. The minimum Gasteiger partial charge on any atom is -0.467 e. The van der Waals surface area contributed by atoms with Crippen molar-refractivity contribution in [3.63, 3.8) is 0 Å². The summed E-state index contributed by atoms with van der Waals surface area (Å²) in [5.74, 6) is 0.762. The van der Waals surface area contributed by atoms with E-state index in [2.05, 4.69) is 5.10 Å². The van der Waals surface area contributed by atoms with Gasteiger partial charge in [0.15, 0.2) is 0 Å². The molecule has 1 aliphatic rings. The van der Waals surface area contributed by atoms with Crippen LogP contribution in [0.2, 0.25) is 0 Å². The third kappa shape index (κ3) is 3.08. The third-order valence-corrected chi connectivity index (χ3v) is 4.41. The van der Waals surface area contributed by atoms with Crippen molar-refractivity contribution in [2.45, 2.75) is 13.0 Å². The van der Waals surface area contributed by atoms with Gasteiger partial charge in [0.05, 0.1) is 25.1 Å². The van der Waals surface area contributed by atoms with Gasteiger partial charge in [0.1, 0.15) is 11.9 Å². The summed E-state index contributed by atoms with van der Waals surface area (Å²) in [6, 6.07) is 11.3. The van der Waals surface area contributed by atoms with E-state index in [9.17, 15) is 4.79 Å². The van der Waals surface area contributed by atoms with Crippen molar-refractivity contribution in [3.8, 4) is 5.69 Å². The van der Waals surface area contributed by atoms with Crippen molar-refractivity contribution in [2.75, 3.05) is 19.7 Å². The number of hydrogen-bond donors (Lipinski definition) is 0. The molecular weight excluding hydrogens is 318 g/mol. The minimum atomic E-state index is -0.211. The predicted molar refractivity (Wildman–Crippen MR) is 91.6 cm³/mol. The molecule has 4 rings (SSSR count). The number of nitrogens with zero attached hydrogens (tertiary/aromatic N) is 3. The van der Waals surface area contributed by atoms with Crippen LogP contribution >= 0.6 is 0 Å². The zero-order valence-electron chi connectivity index (χ0n) is 14.0. The van der Waals surface area contributed by atoms with Gasteiger partial charge in [0, 0.05) is 24.5 Å². The molecular formula is C19H19N3O3. The molecule has 1 amide bonds. The van der Waals surface area contributed by atoms with Crippen molar-refractivity contribution in [3.05, 3.63) is 71.9 Å². The van der Waals surface area contributed by atoms with Gasteiger partial charge in [-0.1, -0.05) is 0 Å². The largest absolute Gasteiger partial charge is 0.467 e. The highest BCUT2D eigenvalue weighted by molar-refractivity contribution is 5.94. The number of hydrogen-bond acceptors (Lipinski definition) is 4. The van der Waals surface area contributed by atoms with Gasteiger partial charge >= 0.3 is 0 Å². The van der Waals surface area contributed by atoms with Crippen LogP contribution in [0.1, 0.15) is 27.8 Å². The number of benzene rings is 1. The first-order chi connectivity index (χ1) is 12.2. The minimum absolute atomic E-state index is 0.00923. The van der Waals surface area contributed by atoms with E-state index in [1.54, 1.807) is 17.1 Å². The van der Waals surface area contributed by atoms with Crippen LogP contribution in [0.5, 0.6) is 0 Å². The number of aryl methyl sites for hydroxylation is 1. The molecule has 0 bridgehead atoms. The second-order valence-electron chi connectivity index (χ2n) is 6.08. The van der Waals surface area contributed by atoms with E-state index >= 15 is 0 Å². The lowest BCUT2D eigenvalue weighted by atomic mass is 10.1. The van der Waals surface area contributed by atoms with E-state index < -0.39 is 0 Å². The number of carbonyl (C=O) groups is 1. The van der Waals surface area contributed by atoms with Crippen LogP contribution in [-0.4, -0.2) is 40.3 Å². The zero-order chi connectivity index (χ0) is 17.2. The maximum Gasteiger partial charge on any atom is 0.254 e. The summed E-state index contributed by atoms with van der Waals surface area (Å²) in [6.07, 6.45) is 5.04. The van der Waals surface area contributed by atoms with E-state index in [-0.39, 0.29) is 12.0 Å². The number of aromatic nitrogens is 2. The van der Waals surface area contributed by atoms with Gasteiger partial charge in [-0.3, -0.25) is 4.79 Å². The molecule has 1 unspecified atom stereocenters. The molecule has 2 aromatic heterocycles. The molecule has 128 valence electrons. The summed E-state index contributed by atoms with van der Waals surface area (Å²) in [6.45, 7) is 3.56. The van der Waals surface area contributed by atoms with Crippen molar-refractivity contribution >= 4 is 5.91 Å². The number of ether oxygens (including phenoxy) is 1. The molecule has 0 N–H and O–H groups in total. The van der Waals surface area contributed by atoms with Gasteiger partial charge in [-0.05, 0) is 48.9 Å². The first-order valence-corrected chi connectivity index (χ1v) is 8.27. The van der Waals surface area contributed by atoms with Gasteiger partial charge in [0.25, 0.3) is 5.91 Å². The van der Waals surface area contributed by atoms with Crippen LogP contribution in [0.25, 0.3) is 5.69 Å². The topological polar surface area (TPSA) is 60.5 Å². The van der Waals surface area contributed by atoms with Gasteiger partial charge in [0.2, 0.25) is 0 Å². The monoisotopic (exact) mass is 337 g/mol. The summed E-state index contributed by atoms with van der Waals surface area (Å²) < 4.78 is 12.9.